The average Bonchev–Trinajstić information content (AvgIpc) is 2.20. The van der Waals surface area contributed by atoms with Crippen LogP contribution in [0.15, 0.2) is 24.3 Å². The molecule has 1 N–H and O–H groups in total. The maximum absolute atomic E-state index is 3.49. The Labute approximate surface area is 93.3 Å². The van der Waals surface area contributed by atoms with Gasteiger partial charge in [0.1, 0.15) is 0 Å². The van der Waals surface area contributed by atoms with Crippen molar-refractivity contribution in [2.75, 3.05) is 26.0 Å². The molecule has 2 nitrogen and oxygen atoms in total. The Morgan fingerprint density at radius 2 is 1.93 bits per heavy atom. The first-order chi connectivity index (χ1) is 7.24. The third-order valence-electron chi connectivity index (χ3n) is 2.35. The molecule has 0 spiro atoms. The summed E-state index contributed by atoms with van der Waals surface area (Å²) in [5.41, 5.74) is 2.65. The van der Waals surface area contributed by atoms with Crippen molar-refractivity contribution >= 4 is 5.69 Å². The lowest BCUT2D eigenvalue weighted by Crippen LogP contribution is -2.13. The van der Waals surface area contributed by atoms with Crippen LogP contribution < -0.4 is 5.32 Å². The molecular formula is C13H22N2. The molecule has 0 unspecified atom stereocenters. The maximum atomic E-state index is 3.49. The molecule has 2 heteroatoms. The smallest absolute Gasteiger partial charge is 0.0385 e. The van der Waals surface area contributed by atoms with E-state index in [0.717, 1.165) is 13.1 Å². The highest BCUT2D eigenvalue weighted by molar-refractivity contribution is 5.50. The zero-order valence-electron chi connectivity index (χ0n) is 10.1. The van der Waals surface area contributed by atoms with E-state index in [9.17, 15) is 0 Å². The monoisotopic (exact) mass is 206 g/mol. The second-order valence-corrected chi connectivity index (χ2v) is 4.18. The van der Waals surface area contributed by atoms with E-state index in [1.807, 2.05) is 0 Å². The van der Waals surface area contributed by atoms with E-state index in [2.05, 4.69) is 55.5 Å². The Hall–Kier alpha value is -1.02. The number of hydrogen-bond acceptors (Lipinski definition) is 2. The number of nitrogens with one attached hydrogen (secondary N) is 1. The van der Waals surface area contributed by atoms with E-state index in [1.54, 1.807) is 0 Å². The lowest BCUT2D eigenvalue weighted by Gasteiger charge is -2.15. The molecule has 0 aliphatic heterocycles. The van der Waals surface area contributed by atoms with Crippen molar-refractivity contribution in [3.05, 3.63) is 29.8 Å². The minimum absolute atomic E-state index is 0.995. The molecule has 0 heterocycles. The predicted molar refractivity (Wildman–Crippen MR) is 67.2 cm³/mol. The molecular weight excluding hydrogens is 184 g/mol. The van der Waals surface area contributed by atoms with Crippen molar-refractivity contribution in [1.29, 1.82) is 0 Å². The van der Waals surface area contributed by atoms with Gasteiger partial charge in [0.25, 0.3) is 0 Å². The number of nitrogens with zero attached hydrogens (tertiary/aromatic N) is 1. The van der Waals surface area contributed by atoms with Crippen LogP contribution in [0.5, 0.6) is 0 Å². The molecule has 0 aliphatic carbocycles. The fraction of sp³-hybridized carbons (Fsp3) is 0.538. The van der Waals surface area contributed by atoms with E-state index in [-0.39, 0.29) is 0 Å². The van der Waals surface area contributed by atoms with Gasteiger partial charge >= 0.3 is 0 Å². The fourth-order valence-electron chi connectivity index (χ4n) is 1.57. The first-order valence-corrected chi connectivity index (χ1v) is 5.70. The number of hydrogen-bond donors (Lipinski definition) is 1. The van der Waals surface area contributed by atoms with Gasteiger partial charge in [-0.3, -0.25) is 0 Å². The summed E-state index contributed by atoms with van der Waals surface area (Å²) in [7, 11) is 4.20. The van der Waals surface area contributed by atoms with E-state index in [0.29, 0.717) is 0 Å². The van der Waals surface area contributed by atoms with Crippen LogP contribution in [0.4, 0.5) is 5.69 Å². The Bertz CT molecular complexity index is 282. The van der Waals surface area contributed by atoms with Crippen molar-refractivity contribution in [1.82, 2.24) is 4.90 Å². The maximum Gasteiger partial charge on any atom is 0.0385 e. The zero-order chi connectivity index (χ0) is 11.1. The van der Waals surface area contributed by atoms with Gasteiger partial charge in [0.15, 0.2) is 0 Å². The summed E-state index contributed by atoms with van der Waals surface area (Å²) in [6.45, 7) is 4.28. The van der Waals surface area contributed by atoms with Crippen molar-refractivity contribution in [3.63, 3.8) is 0 Å². The van der Waals surface area contributed by atoms with Gasteiger partial charge in [0.05, 0.1) is 0 Å². The molecule has 0 bridgehead atoms. The quantitative estimate of drug-likeness (QED) is 0.720. The van der Waals surface area contributed by atoms with Gasteiger partial charge in [-0.25, -0.2) is 0 Å². The van der Waals surface area contributed by atoms with E-state index < -0.39 is 0 Å². The van der Waals surface area contributed by atoms with Crippen LogP contribution in [-0.2, 0) is 6.54 Å². The van der Waals surface area contributed by atoms with Crippen molar-refractivity contribution in [2.24, 2.45) is 0 Å². The fourth-order valence-corrected chi connectivity index (χ4v) is 1.57. The molecule has 1 aromatic carbocycles. The normalized spacial score (nSPS) is 10.7. The summed E-state index contributed by atoms with van der Waals surface area (Å²) >= 11 is 0. The highest BCUT2D eigenvalue weighted by atomic mass is 15.1. The van der Waals surface area contributed by atoms with Gasteiger partial charge in [-0.2, -0.15) is 0 Å². The van der Waals surface area contributed by atoms with Gasteiger partial charge in [0.2, 0.25) is 0 Å². The van der Waals surface area contributed by atoms with Crippen molar-refractivity contribution in [2.45, 2.75) is 26.3 Å². The summed E-state index contributed by atoms with van der Waals surface area (Å²) in [4.78, 5) is 2.19. The zero-order valence-corrected chi connectivity index (χ0v) is 10.1. The molecule has 0 aromatic heterocycles. The number of unbranched alkanes of at least 4 members (excludes halogenated alkanes) is 1. The van der Waals surface area contributed by atoms with E-state index in [1.165, 1.54) is 24.1 Å². The van der Waals surface area contributed by atoms with Crippen LogP contribution in [0.1, 0.15) is 25.3 Å². The third-order valence-corrected chi connectivity index (χ3v) is 2.35. The molecule has 0 radical (unpaired) electrons. The summed E-state index contributed by atoms with van der Waals surface area (Å²) in [5.74, 6) is 0. The first kappa shape index (κ1) is 12.1. The van der Waals surface area contributed by atoms with Crippen molar-refractivity contribution in [3.8, 4) is 0 Å². The molecule has 0 saturated carbocycles. The molecule has 1 rings (SSSR count). The molecule has 1 aromatic rings. The van der Waals surface area contributed by atoms with Crippen LogP contribution >= 0.6 is 0 Å². The second kappa shape index (κ2) is 6.46. The molecule has 0 aliphatic rings. The number of anilines is 1. The minimum Gasteiger partial charge on any atom is -0.385 e. The van der Waals surface area contributed by atoms with Gasteiger partial charge in [-0.05, 0) is 32.1 Å². The standard InChI is InChI=1S/C13H22N2/c1-4-5-10-14-13-9-7-6-8-12(13)11-15(2)3/h6-9,14H,4-5,10-11H2,1-3H3. The highest BCUT2D eigenvalue weighted by Gasteiger charge is 2.01. The molecule has 15 heavy (non-hydrogen) atoms. The van der Waals surface area contributed by atoms with E-state index in [4.69, 9.17) is 0 Å². The van der Waals surface area contributed by atoms with Gasteiger partial charge < -0.3 is 10.2 Å². The summed E-state index contributed by atoms with van der Waals surface area (Å²) in [5, 5.41) is 3.49. The third kappa shape index (κ3) is 4.34. The molecule has 0 amide bonds. The predicted octanol–water partition coefficient (Wildman–Crippen LogP) is 2.96. The number of benzene rings is 1. The first-order valence-electron chi connectivity index (χ1n) is 5.70. The Kier molecular flexibility index (Phi) is 5.19. The Morgan fingerprint density at radius 1 is 1.20 bits per heavy atom. The number of para-hydroxylation sites is 1. The molecule has 0 saturated heterocycles. The van der Waals surface area contributed by atoms with Crippen LogP contribution in [0.2, 0.25) is 0 Å². The Balaban J connectivity index is 2.60. The number of rotatable bonds is 6. The topological polar surface area (TPSA) is 15.3 Å². The second-order valence-electron chi connectivity index (χ2n) is 4.18. The average molecular weight is 206 g/mol. The molecule has 0 atom stereocenters. The lowest BCUT2D eigenvalue weighted by molar-refractivity contribution is 0.403. The Morgan fingerprint density at radius 3 is 2.60 bits per heavy atom. The largest absolute Gasteiger partial charge is 0.385 e. The van der Waals surface area contributed by atoms with Crippen LogP contribution in [0, 0.1) is 0 Å². The van der Waals surface area contributed by atoms with Gasteiger partial charge in [0, 0.05) is 18.8 Å². The molecule has 84 valence electrons. The summed E-state index contributed by atoms with van der Waals surface area (Å²) in [6, 6.07) is 8.54. The summed E-state index contributed by atoms with van der Waals surface area (Å²) < 4.78 is 0. The van der Waals surface area contributed by atoms with Crippen molar-refractivity contribution < 1.29 is 0 Å². The minimum atomic E-state index is 0.995. The van der Waals surface area contributed by atoms with Crippen LogP contribution in [-0.4, -0.2) is 25.5 Å². The molecule has 0 fully saturated rings. The van der Waals surface area contributed by atoms with Crippen LogP contribution in [0.25, 0.3) is 0 Å². The van der Waals surface area contributed by atoms with E-state index >= 15 is 0 Å². The van der Waals surface area contributed by atoms with Gasteiger partial charge in [-0.15, -0.1) is 0 Å². The lowest BCUT2D eigenvalue weighted by atomic mass is 10.1. The summed E-state index contributed by atoms with van der Waals surface area (Å²) in [6.07, 6.45) is 2.47. The van der Waals surface area contributed by atoms with Crippen LogP contribution in [0.3, 0.4) is 0 Å². The SMILES string of the molecule is CCCCNc1ccccc1CN(C)C. The van der Waals surface area contributed by atoms with Gasteiger partial charge in [-0.1, -0.05) is 31.5 Å². The highest BCUT2D eigenvalue weighted by Crippen LogP contribution is 2.16.